The Morgan fingerprint density at radius 1 is 1.03 bits per heavy atom. The van der Waals surface area contributed by atoms with Crippen LogP contribution in [0.4, 0.5) is 29.3 Å². The van der Waals surface area contributed by atoms with Crippen molar-refractivity contribution in [1.82, 2.24) is 4.90 Å². The Bertz CT molecular complexity index is 1310. The van der Waals surface area contributed by atoms with Crippen LogP contribution in [0.1, 0.15) is 53.2 Å². The largest absolute Gasteiger partial charge is 0.495 e. The van der Waals surface area contributed by atoms with E-state index in [1.54, 1.807) is 28.0 Å². The topological polar surface area (TPSA) is 61.9 Å². The fourth-order valence-electron chi connectivity index (χ4n) is 4.40. The first-order valence-corrected chi connectivity index (χ1v) is 12.4. The summed E-state index contributed by atoms with van der Waals surface area (Å²) in [5.41, 5.74) is 2.03. The first-order chi connectivity index (χ1) is 18.1. The lowest BCUT2D eigenvalue weighted by atomic mass is 10.0. The molecule has 1 heterocycles. The molecule has 3 aromatic rings. The summed E-state index contributed by atoms with van der Waals surface area (Å²) in [5.74, 6) is 0.173. The van der Waals surface area contributed by atoms with Crippen molar-refractivity contribution in [3.8, 4) is 5.75 Å². The van der Waals surface area contributed by atoms with Gasteiger partial charge in [-0.3, -0.25) is 9.69 Å². The lowest BCUT2D eigenvalue weighted by Crippen LogP contribution is -2.49. The number of carbonyl (C=O) groups is 2. The van der Waals surface area contributed by atoms with Crippen molar-refractivity contribution in [3.05, 3.63) is 89.0 Å². The molecule has 38 heavy (non-hydrogen) atoms. The molecule has 0 spiro atoms. The van der Waals surface area contributed by atoms with Crippen molar-refractivity contribution >= 4 is 23.3 Å². The number of anilines is 2. The molecule has 1 saturated heterocycles. The maximum absolute atomic E-state index is 13.5. The third kappa shape index (κ3) is 6.10. The van der Waals surface area contributed by atoms with Crippen molar-refractivity contribution in [3.63, 3.8) is 0 Å². The van der Waals surface area contributed by atoms with Crippen LogP contribution >= 0.6 is 0 Å². The van der Waals surface area contributed by atoms with Crippen molar-refractivity contribution in [1.29, 1.82) is 0 Å². The molecule has 6 nitrogen and oxygen atoms in total. The van der Waals surface area contributed by atoms with Crippen LogP contribution in [0.5, 0.6) is 5.75 Å². The number of hydrogen-bond donors (Lipinski definition) is 1. The number of alkyl halides is 3. The van der Waals surface area contributed by atoms with Crippen molar-refractivity contribution < 1.29 is 27.5 Å². The van der Waals surface area contributed by atoms with Gasteiger partial charge in [0.1, 0.15) is 5.75 Å². The minimum absolute atomic E-state index is 0.124. The van der Waals surface area contributed by atoms with Gasteiger partial charge < -0.3 is 15.0 Å². The van der Waals surface area contributed by atoms with Gasteiger partial charge in [0.15, 0.2) is 0 Å². The maximum atomic E-state index is 13.5. The molecule has 0 atom stereocenters. The highest BCUT2D eigenvalue weighted by Crippen LogP contribution is 2.34. The van der Waals surface area contributed by atoms with E-state index in [4.69, 9.17) is 4.74 Å². The normalized spacial score (nSPS) is 14.1. The number of nitrogens with one attached hydrogen (secondary N) is 1. The third-order valence-electron chi connectivity index (χ3n) is 6.51. The van der Waals surface area contributed by atoms with Crippen LogP contribution in [0.15, 0.2) is 66.7 Å². The zero-order valence-electron chi connectivity index (χ0n) is 21.5. The summed E-state index contributed by atoms with van der Waals surface area (Å²) in [6.07, 6.45) is -3.82. The highest BCUT2D eigenvalue weighted by molar-refractivity contribution is 6.05. The molecule has 3 amide bonds. The SMILES string of the molecule is COc1ccc(NC(=O)c2cccc(C(F)(F)F)c2)cc1N1CCCN(Cc2ccc(C(C)C)cc2)C1=O. The molecule has 0 bridgehead atoms. The summed E-state index contributed by atoms with van der Waals surface area (Å²) < 4.78 is 44.7. The summed E-state index contributed by atoms with van der Waals surface area (Å²) in [4.78, 5) is 29.6. The molecule has 200 valence electrons. The van der Waals surface area contributed by atoms with Gasteiger partial charge in [0.2, 0.25) is 0 Å². The monoisotopic (exact) mass is 525 g/mol. The van der Waals surface area contributed by atoms with E-state index in [-0.39, 0.29) is 11.6 Å². The van der Waals surface area contributed by atoms with E-state index in [0.717, 1.165) is 24.1 Å². The number of benzene rings is 3. The van der Waals surface area contributed by atoms with E-state index in [9.17, 15) is 22.8 Å². The Morgan fingerprint density at radius 2 is 1.76 bits per heavy atom. The first kappa shape index (κ1) is 27.0. The molecule has 0 radical (unpaired) electrons. The van der Waals surface area contributed by atoms with Crippen LogP contribution in [-0.2, 0) is 12.7 Å². The molecule has 1 fully saturated rings. The lowest BCUT2D eigenvalue weighted by molar-refractivity contribution is -0.137. The van der Waals surface area contributed by atoms with E-state index < -0.39 is 17.6 Å². The molecule has 1 aliphatic rings. The van der Waals surface area contributed by atoms with Crippen LogP contribution in [0.25, 0.3) is 0 Å². The number of amides is 3. The number of carbonyl (C=O) groups excluding carboxylic acids is 2. The second kappa shape index (κ2) is 11.2. The Hall–Kier alpha value is -4.01. The molecule has 0 aromatic heterocycles. The number of rotatable bonds is 7. The van der Waals surface area contributed by atoms with E-state index in [2.05, 4.69) is 31.3 Å². The van der Waals surface area contributed by atoms with E-state index in [0.29, 0.717) is 42.7 Å². The van der Waals surface area contributed by atoms with Crippen LogP contribution in [0.2, 0.25) is 0 Å². The lowest BCUT2D eigenvalue weighted by Gasteiger charge is -2.36. The zero-order chi connectivity index (χ0) is 27.4. The van der Waals surface area contributed by atoms with Gasteiger partial charge in [-0.05, 0) is 59.9 Å². The number of nitrogens with zero attached hydrogens (tertiary/aromatic N) is 2. The van der Waals surface area contributed by atoms with Gasteiger partial charge in [0, 0.05) is 30.9 Å². The highest BCUT2D eigenvalue weighted by Gasteiger charge is 2.31. The van der Waals surface area contributed by atoms with Crippen molar-refractivity contribution in [2.45, 2.75) is 38.9 Å². The predicted molar refractivity (Wildman–Crippen MR) is 141 cm³/mol. The van der Waals surface area contributed by atoms with Gasteiger partial charge in [0.25, 0.3) is 5.91 Å². The fourth-order valence-corrected chi connectivity index (χ4v) is 4.40. The quantitative estimate of drug-likeness (QED) is 0.364. The molecular weight excluding hydrogens is 495 g/mol. The number of ether oxygens (including phenoxy) is 1. The molecule has 0 saturated carbocycles. The van der Waals surface area contributed by atoms with Gasteiger partial charge in [-0.1, -0.05) is 44.2 Å². The van der Waals surface area contributed by atoms with E-state index in [1.165, 1.54) is 24.8 Å². The number of halogens is 3. The standard InChI is InChI=1S/C29H30F3N3O3/c1-19(2)21-10-8-20(9-11-21)18-34-14-5-15-35(28(34)37)25-17-24(12-13-26(25)38-3)33-27(36)22-6-4-7-23(16-22)29(30,31)32/h4,6-13,16-17,19H,5,14-15,18H2,1-3H3,(H,33,36). The minimum atomic E-state index is -4.56. The van der Waals surface area contributed by atoms with Crippen LogP contribution in [-0.4, -0.2) is 37.0 Å². The number of hydrogen-bond acceptors (Lipinski definition) is 3. The zero-order valence-corrected chi connectivity index (χ0v) is 21.5. The van der Waals surface area contributed by atoms with Crippen molar-refractivity contribution in [2.24, 2.45) is 0 Å². The van der Waals surface area contributed by atoms with Crippen molar-refractivity contribution in [2.75, 3.05) is 30.4 Å². The average Bonchev–Trinajstić information content (AvgIpc) is 2.90. The van der Waals surface area contributed by atoms with Gasteiger partial charge >= 0.3 is 12.2 Å². The van der Waals surface area contributed by atoms with Crippen LogP contribution in [0, 0.1) is 0 Å². The molecule has 0 aliphatic carbocycles. The van der Waals surface area contributed by atoms with Crippen LogP contribution in [0.3, 0.4) is 0 Å². The molecule has 1 N–H and O–H groups in total. The number of urea groups is 1. The highest BCUT2D eigenvalue weighted by atomic mass is 19.4. The second-order valence-electron chi connectivity index (χ2n) is 9.52. The fraction of sp³-hybridized carbons (Fsp3) is 0.310. The summed E-state index contributed by atoms with van der Waals surface area (Å²) in [5, 5.41) is 2.63. The van der Waals surface area contributed by atoms with E-state index >= 15 is 0 Å². The summed E-state index contributed by atoms with van der Waals surface area (Å²) in [6.45, 7) is 5.79. The summed E-state index contributed by atoms with van der Waals surface area (Å²) >= 11 is 0. The van der Waals surface area contributed by atoms with Crippen LogP contribution < -0.4 is 15.0 Å². The number of methoxy groups -OCH3 is 1. The Kier molecular flexibility index (Phi) is 7.94. The Balaban J connectivity index is 1.53. The second-order valence-corrected chi connectivity index (χ2v) is 9.52. The van der Waals surface area contributed by atoms with Gasteiger partial charge in [-0.15, -0.1) is 0 Å². The molecular formula is C29H30F3N3O3. The third-order valence-corrected chi connectivity index (χ3v) is 6.51. The smallest absolute Gasteiger partial charge is 0.416 e. The Morgan fingerprint density at radius 3 is 2.42 bits per heavy atom. The van der Waals surface area contributed by atoms with Gasteiger partial charge in [-0.2, -0.15) is 13.2 Å². The molecule has 9 heteroatoms. The average molecular weight is 526 g/mol. The molecule has 4 rings (SSSR count). The maximum Gasteiger partial charge on any atom is 0.416 e. The predicted octanol–water partition coefficient (Wildman–Crippen LogP) is 6.92. The molecule has 1 aliphatic heterocycles. The minimum Gasteiger partial charge on any atom is -0.495 e. The van der Waals surface area contributed by atoms with Gasteiger partial charge in [0.05, 0.1) is 18.4 Å². The van der Waals surface area contributed by atoms with Gasteiger partial charge in [-0.25, -0.2) is 4.79 Å². The molecule has 3 aromatic carbocycles. The van der Waals surface area contributed by atoms with E-state index in [1.807, 2.05) is 12.1 Å². The molecule has 0 unspecified atom stereocenters. The Labute approximate surface area is 220 Å². The summed E-state index contributed by atoms with van der Waals surface area (Å²) in [7, 11) is 1.49. The first-order valence-electron chi connectivity index (χ1n) is 12.4. The summed E-state index contributed by atoms with van der Waals surface area (Å²) in [6, 6.07) is 17.0.